The molecule has 20 heavy (non-hydrogen) atoms. The molecule has 0 bridgehead atoms. The van der Waals surface area contributed by atoms with Crippen molar-refractivity contribution in [2.24, 2.45) is 0 Å². The van der Waals surface area contributed by atoms with Crippen LogP contribution < -0.4 is 15.0 Å². The van der Waals surface area contributed by atoms with Gasteiger partial charge in [-0.15, -0.1) is 0 Å². The average molecular weight is 279 g/mol. The van der Waals surface area contributed by atoms with Gasteiger partial charge >= 0.3 is 0 Å². The summed E-state index contributed by atoms with van der Waals surface area (Å²) < 4.78 is 16.2. The van der Waals surface area contributed by atoms with E-state index in [0.717, 1.165) is 19.3 Å². The minimum Gasteiger partial charge on any atom is -0.486 e. The van der Waals surface area contributed by atoms with E-state index >= 15 is 0 Å². The fourth-order valence-corrected chi connectivity index (χ4v) is 2.17. The summed E-state index contributed by atoms with van der Waals surface area (Å²) in [7, 11) is 0. The Morgan fingerprint density at radius 3 is 2.80 bits per heavy atom. The Kier molecular flexibility index (Phi) is 4.03. The predicted octanol–water partition coefficient (Wildman–Crippen LogP) is 1.65. The molecule has 0 spiro atoms. The number of amides is 1. The standard InChI is InChI=1S/C14H17NO5/c16-14(15-20-13-3-1-2-6-19-13)10-4-5-11-12(9-10)18-8-7-17-11/h4-5,9,13H,1-3,6-8H2,(H,15,16). The molecule has 2 aliphatic heterocycles. The van der Waals surface area contributed by atoms with Crippen LogP contribution in [-0.2, 0) is 9.57 Å². The second-order valence-electron chi connectivity index (χ2n) is 4.70. The van der Waals surface area contributed by atoms with Gasteiger partial charge < -0.3 is 14.2 Å². The van der Waals surface area contributed by atoms with Crippen LogP contribution in [0.15, 0.2) is 18.2 Å². The third kappa shape index (κ3) is 3.02. The van der Waals surface area contributed by atoms with Crippen LogP contribution in [0.2, 0.25) is 0 Å². The zero-order chi connectivity index (χ0) is 13.8. The van der Waals surface area contributed by atoms with Crippen molar-refractivity contribution in [3.05, 3.63) is 23.8 Å². The number of rotatable bonds is 3. The van der Waals surface area contributed by atoms with Crippen molar-refractivity contribution in [1.82, 2.24) is 5.48 Å². The number of benzene rings is 1. The van der Waals surface area contributed by atoms with Gasteiger partial charge in [0.05, 0.1) is 0 Å². The number of hydrogen-bond donors (Lipinski definition) is 1. The highest BCUT2D eigenvalue weighted by Gasteiger charge is 2.18. The van der Waals surface area contributed by atoms with Crippen molar-refractivity contribution < 1.29 is 23.8 Å². The molecule has 0 saturated carbocycles. The molecule has 0 aromatic heterocycles. The quantitative estimate of drug-likeness (QED) is 0.852. The molecular weight excluding hydrogens is 262 g/mol. The van der Waals surface area contributed by atoms with Gasteiger partial charge in [-0.2, -0.15) is 0 Å². The van der Waals surface area contributed by atoms with Gasteiger partial charge in [-0.1, -0.05) is 0 Å². The van der Waals surface area contributed by atoms with Gasteiger partial charge in [0.1, 0.15) is 13.2 Å². The third-order valence-electron chi connectivity index (χ3n) is 3.23. The molecule has 1 amide bonds. The van der Waals surface area contributed by atoms with Crippen molar-refractivity contribution in [3.63, 3.8) is 0 Å². The molecular formula is C14H17NO5. The fraction of sp³-hybridized carbons (Fsp3) is 0.500. The Labute approximate surface area is 116 Å². The molecule has 6 nitrogen and oxygen atoms in total. The van der Waals surface area contributed by atoms with Crippen LogP contribution in [-0.4, -0.2) is 32.0 Å². The van der Waals surface area contributed by atoms with E-state index in [0.29, 0.717) is 36.9 Å². The Balaban J connectivity index is 1.59. The summed E-state index contributed by atoms with van der Waals surface area (Å²) in [6, 6.07) is 5.05. The van der Waals surface area contributed by atoms with Crippen molar-refractivity contribution >= 4 is 5.91 Å². The first kappa shape index (κ1) is 13.2. The lowest BCUT2D eigenvalue weighted by atomic mass is 10.2. The minimum absolute atomic E-state index is 0.323. The molecule has 2 aliphatic rings. The van der Waals surface area contributed by atoms with E-state index < -0.39 is 0 Å². The summed E-state index contributed by atoms with van der Waals surface area (Å²) >= 11 is 0. The van der Waals surface area contributed by atoms with E-state index in [9.17, 15) is 4.79 Å². The lowest BCUT2D eigenvalue weighted by Crippen LogP contribution is -2.33. The highest BCUT2D eigenvalue weighted by atomic mass is 16.8. The maximum atomic E-state index is 12.0. The Bertz CT molecular complexity index is 484. The number of carbonyl (C=O) groups is 1. The first-order valence-corrected chi connectivity index (χ1v) is 6.80. The Morgan fingerprint density at radius 2 is 2.00 bits per heavy atom. The SMILES string of the molecule is O=C(NOC1CCCCO1)c1ccc2c(c1)OCCO2. The second kappa shape index (κ2) is 6.11. The highest BCUT2D eigenvalue weighted by Crippen LogP contribution is 2.30. The molecule has 0 radical (unpaired) electrons. The summed E-state index contributed by atoms with van der Waals surface area (Å²) in [5, 5.41) is 0. The van der Waals surface area contributed by atoms with Gasteiger partial charge in [0, 0.05) is 18.6 Å². The normalized spacial score (nSPS) is 21.3. The van der Waals surface area contributed by atoms with Gasteiger partial charge in [0.25, 0.3) is 5.91 Å². The van der Waals surface area contributed by atoms with Crippen LogP contribution in [0.25, 0.3) is 0 Å². The fourth-order valence-electron chi connectivity index (χ4n) is 2.17. The Hall–Kier alpha value is -1.79. The van der Waals surface area contributed by atoms with Gasteiger partial charge in [0.15, 0.2) is 17.8 Å². The maximum Gasteiger partial charge on any atom is 0.275 e. The zero-order valence-electron chi connectivity index (χ0n) is 11.1. The number of ether oxygens (including phenoxy) is 3. The first-order chi connectivity index (χ1) is 9.83. The first-order valence-electron chi connectivity index (χ1n) is 6.80. The van der Waals surface area contributed by atoms with Crippen LogP contribution in [0.4, 0.5) is 0 Å². The minimum atomic E-state index is -0.357. The van der Waals surface area contributed by atoms with E-state index in [2.05, 4.69) is 5.48 Å². The number of fused-ring (bicyclic) bond motifs is 1. The summed E-state index contributed by atoms with van der Waals surface area (Å²) in [4.78, 5) is 17.2. The molecule has 6 heteroatoms. The van der Waals surface area contributed by atoms with Crippen molar-refractivity contribution in [1.29, 1.82) is 0 Å². The Morgan fingerprint density at radius 1 is 1.15 bits per heavy atom. The summed E-state index contributed by atoms with van der Waals surface area (Å²) in [6.45, 7) is 1.69. The van der Waals surface area contributed by atoms with Crippen molar-refractivity contribution in [2.75, 3.05) is 19.8 Å². The molecule has 1 fully saturated rings. The highest BCUT2D eigenvalue weighted by molar-refractivity contribution is 5.94. The molecule has 1 saturated heterocycles. The van der Waals surface area contributed by atoms with E-state index in [1.54, 1.807) is 18.2 Å². The van der Waals surface area contributed by atoms with Gasteiger partial charge in [-0.25, -0.2) is 10.3 Å². The summed E-state index contributed by atoms with van der Waals surface area (Å²) in [5.41, 5.74) is 2.88. The molecule has 108 valence electrons. The molecule has 1 atom stereocenters. The lowest BCUT2D eigenvalue weighted by Gasteiger charge is -2.22. The van der Waals surface area contributed by atoms with E-state index in [4.69, 9.17) is 19.0 Å². The molecule has 1 N–H and O–H groups in total. The van der Waals surface area contributed by atoms with Crippen LogP contribution in [0.3, 0.4) is 0 Å². The third-order valence-corrected chi connectivity index (χ3v) is 3.23. The molecule has 3 rings (SSSR count). The topological polar surface area (TPSA) is 66.0 Å². The molecule has 2 heterocycles. The number of hydroxylamine groups is 1. The van der Waals surface area contributed by atoms with Crippen molar-refractivity contribution in [2.45, 2.75) is 25.6 Å². The van der Waals surface area contributed by atoms with E-state index in [1.165, 1.54) is 0 Å². The average Bonchev–Trinajstić information content (AvgIpc) is 2.53. The van der Waals surface area contributed by atoms with Gasteiger partial charge in [0.2, 0.25) is 0 Å². The molecule has 1 unspecified atom stereocenters. The van der Waals surface area contributed by atoms with E-state index in [-0.39, 0.29) is 12.2 Å². The molecule has 1 aromatic rings. The maximum absolute atomic E-state index is 12.0. The number of nitrogens with one attached hydrogen (secondary N) is 1. The van der Waals surface area contributed by atoms with Crippen LogP contribution >= 0.6 is 0 Å². The predicted molar refractivity (Wildman–Crippen MR) is 69.6 cm³/mol. The van der Waals surface area contributed by atoms with E-state index in [1.807, 2.05) is 0 Å². The van der Waals surface area contributed by atoms with Crippen molar-refractivity contribution in [3.8, 4) is 11.5 Å². The second-order valence-corrected chi connectivity index (χ2v) is 4.70. The van der Waals surface area contributed by atoms with Gasteiger partial charge in [-0.05, 0) is 31.0 Å². The molecule has 0 aliphatic carbocycles. The monoisotopic (exact) mass is 279 g/mol. The van der Waals surface area contributed by atoms with Gasteiger partial charge in [-0.3, -0.25) is 4.79 Å². The zero-order valence-corrected chi connectivity index (χ0v) is 11.1. The van der Waals surface area contributed by atoms with Crippen LogP contribution in [0.1, 0.15) is 29.6 Å². The molecule has 1 aromatic carbocycles. The summed E-state index contributed by atoms with van der Waals surface area (Å²) in [6.07, 6.45) is 2.52. The smallest absolute Gasteiger partial charge is 0.275 e. The summed E-state index contributed by atoms with van der Waals surface area (Å²) in [5.74, 6) is 0.915. The van der Waals surface area contributed by atoms with Crippen LogP contribution in [0.5, 0.6) is 11.5 Å². The number of hydrogen-bond acceptors (Lipinski definition) is 5. The number of carbonyl (C=O) groups excluding carboxylic acids is 1. The lowest BCUT2D eigenvalue weighted by molar-refractivity contribution is -0.186. The van der Waals surface area contributed by atoms with Crippen LogP contribution in [0, 0.1) is 0 Å². The largest absolute Gasteiger partial charge is 0.486 e.